The summed E-state index contributed by atoms with van der Waals surface area (Å²) >= 11 is 0. The normalized spacial score (nSPS) is 11.0. The Morgan fingerprint density at radius 2 is 1.25 bits per heavy atom. The molecule has 0 unspecified atom stereocenters. The van der Waals surface area contributed by atoms with Crippen molar-refractivity contribution in [3.05, 3.63) is 17.2 Å². The second kappa shape index (κ2) is 7.90. The second-order valence-corrected chi connectivity index (χ2v) is 6.07. The molecule has 0 heterocycles. The Hall–Kier alpha value is -2.44. The standard InChI is InChI=1S/C17H24O7/c1-8(2)22-12-7-11(16(18)19)14(23-9(3)4)15(24-10(5)6)13(12)17(20)21/h7-10H,1-6H3,(H,18,19)(H,20,21). The molecule has 2 N–H and O–H groups in total. The number of aromatic carboxylic acids is 2. The molecule has 7 heteroatoms. The average Bonchev–Trinajstić information content (AvgIpc) is 2.38. The quantitative estimate of drug-likeness (QED) is 0.747. The van der Waals surface area contributed by atoms with Crippen molar-refractivity contribution in [3.63, 3.8) is 0 Å². The highest BCUT2D eigenvalue weighted by Crippen LogP contribution is 2.42. The summed E-state index contributed by atoms with van der Waals surface area (Å²) in [4.78, 5) is 23.4. The Bertz CT molecular complexity index is 618. The largest absolute Gasteiger partial charge is 0.490 e. The molecule has 1 aromatic rings. The molecular formula is C17H24O7. The van der Waals surface area contributed by atoms with E-state index in [0.29, 0.717) is 0 Å². The van der Waals surface area contributed by atoms with Crippen LogP contribution in [-0.2, 0) is 0 Å². The van der Waals surface area contributed by atoms with Gasteiger partial charge in [-0.1, -0.05) is 0 Å². The minimum Gasteiger partial charge on any atom is -0.490 e. The topological polar surface area (TPSA) is 102 Å². The third kappa shape index (κ3) is 4.78. The molecule has 7 nitrogen and oxygen atoms in total. The minimum atomic E-state index is -1.29. The van der Waals surface area contributed by atoms with Crippen molar-refractivity contribution in [3.8, 4) is 17.2 Å². The fourth-order valence-corrected chi connectivity index (χ4v) is 2.03. The lowest BCUT2D eigenvalue weighted by Gasteiger charge is -2.23. The molecule has 0 saturated heterocycles. The van der Waals surface area contributed by atoms with Crippen LogP contribution < -0.4 is 14.2 Å². The average molecular weight is 340 g/mol. The second-order valence-electron chi connectivity index (χ2n) is 6.07. The monoisotopic (exact) mass is 340 g/mol. The maximum atomic E-state index is 11.8. The van der Waals surface area contributed by atoms with E-state index >= 15 is 0 Å². The first-order valence-electron chi connectivity index (χ1n) is 7.72. The first-order chi connectivity index (χ1) is 11.0. The summed E-state index contributed by atoms with van der Waals surface area (Å²) in [5, 5.41) is 19.1. The van der Waals surface area contributed by atoms with Crippen LogP contribution in [0.4, 0.5) is 0 Å². The molecule has 0 aliphatic rings. The van der Waals surface area contributed by atoms with Gasteiger partial charge in [-0.3, -0.25) is 0 Å². The van der Waals surface area contributed by atoms with Gasteiger partial charge in [-0.25, -0.2) is 9.59 Å². The van der Waals surface area contributed by atoms with Crippen LogP contribution in [0.1, 0.15) is 62.3 Å². The highest BCUT2D eigenvalue weighted by atomic mass is 16.5. The highest BCUT2D eigenvalue weighted by Gasteiger charge is 2.30. The van der Waals surface area contributed by atoms with Crippen molar-refractivity contribution in [2.45, 2.75) is 59.9 Å². The van der Waals surface area contributed by atoms with Crippen LogP contribution in [-0.4, -0.2) is 40.5 Å². The van der Waals surface area contributed by atoms with Crippen LogP contribution in [0.2, 0.25) is 0 Å². The smallest absolute Gasteiger partial charge is 0.343 e. The van der Waals surface area contributed by atoms with Gasteiger partial charge in [0.2, 0.25) is 0 Å². The van der Waals surface area contributed by atoms with Crippen molar-refractivity contribution in [2.75, 3.05) is 0 Å². The van der Waals surface area contributed by atoms with Gasteiger partial charge < -0.3 is 24.4 Å². The van der Waals surface area contributed by atoms with Gasteiger partial charge >= 0.3 is 11.9 Å². The summed E-state index contributed by atoms with van der Waals surface area (Å²) in [5.41, 5.74) is -0.460. The maximum absolute atomic E-state index is 11.8. The number of benzene rings is 1. The lowest BCUT2D eigenvalue weighted by molar-refractivity contribution is 0.0659. The first-order valence-corrected chi connectivity index (χ1v) is 7.72. The van der Waals surface area contributed by atoms with Crippen LogP contribution in [0.25, 0.3) is 0 Å². The molecule has 1 rings (SSSR count). The van der Waals surface area contributed by atoms with Gasteiger partial charge in [0, 0.05) is 0 Å². The SMILES string of the molecule is CC(C)Oc1cc(C(=O)O)c(OC(C)C)c(OC(C)C)c1C(=O)O. The number of carboxylic acid groups (broad SMARTS) is 2. The van der Waals surface area contributed by atoms with Crippen molar-refractivity contribution < 1.29 is 34.0 Å². The first kappa shape index (κ1) is 19.6. The molecule has 0 saturated carbocycles. The van der Waals surface area contributed by atoms with Gasteiger partial charge in [0.25, 0.3) is 0 Å². The Morgan fingerprint density at radius 1 is 0.792 bits per heavy atom. The third-order valence-electron chi connectivity index (χ3n) is 2.71. The molecule has 0 spiro atoms. The number of hydrogen-bond donors (Lipinski definition) is 2. The van der Waals surface area contributed by atoms with Crippen molar-refractivity contribution in [1.82, 2.24) is 0 Å². The Kier molecular flexibility index (Phi) is 6.45. The van der Waals surface area contributed by atoms with Gasteiger partial charge in [0.15, 0.2) is 11.5 Å². The van der Waals surface area contributed by atoms with Gasteiger partial charge in [-0.05, 0) is 47.6 Å². The molecule has 0 amide bonds. The Morgan fingerprint density at radius 3 is 1.62 bits per heavy atom. The van der Waals surface area contributed by atoms with Crippen molar-refractivity contribution in [1.29, 1.82) is 0 Å². The molecule has 0 bridgehead atoms. The Labute approximate surface area is 141 Å². The predicted molar refractivity (Wildman–Crippen MR) is 87.7 cm³/mol. The number of ether oxygens (including phenoxy) is 3. The van der Waals surface area contributed by atoms with E-state index in [1.807, 2.05) is 0 Å². The summed E-state index contributed by atoms with van der Waals surface area (Å²) in [6.07, 6.45) is -1.09. The summed E-state index contributed by atoms with van der Waals surface area (Å²) in [5.74, 6) is -2.86. The van der Waals surface area contributed by atoms with Crippen LogP contribution in [0.5, 0.6) is 17.2 Å². The molecule has 0 atom stereocenters. The van der Waals surface area contributed by atoms with Crippen LogP contribution in [0, 0.1) is 0 Å². The minimum absolute atomic E-state index is 0.0679. The van der Waals surface area contributed by atoms with Gasteiger partial charge in [-0.2, -0.15) is 0 Å². The molecule has 1 aromatic carbocycles. The molecule has 0 fully saturated rings. The molecule has 134 valence electrons. The zero-order valence-corrected chi connectivity index (χ0v) is 14.7. The van der Waals surface area contributed by atoms with Crippen LogP contribution >= 0.6 is 0 Å². The summed E-state index contributed by atoms with van der Waals surface area (Å²) < 4.78 is 16.7. The van der Waals surface area contributed by atoms with Crippen molar-refractivity contribution >= 4 is 11.9 Å². The number of hydrogen-bond acceptors (Lipinski definition) is 5. The van der Waals surface area contributed by atoms with Gasteiger partial charge in [0.1, 0.15) is 16.9 Å². The number of rotatable bonds is 8. The van der Waals surface area contributed by atoms with E-state index in [-0.39, 0.29) is 46.7 Å². The Balaban J connectivity index is 3.79. The van der Waals surface area contributed by atoms with E-state index in [1.54, 1.807) is 41.5 Å². The van der Waals surface area contributed by atoms with E-state index in [9.17, 15) is 19.8 Å². The lowest BCUT2D eigenvalue weighted by Crippen LogP contribution is -2.19. The van der Waals surface area contributed by atoms with E-state index < -0.39 is 11.9 Å². The maximum Gasteiger partial charge on any atom is 0.343 e. The third-order valence-corrected chi connectivity index (χ3v) is 2.71. The molecule has 0 aliphatic carbocycles. The predicted octanol–water partition coefficient (Wildman–Crippen LogP) is 3.44. The lowest BCUT2D eigenvalue weighted by atomic mass is 10.1. The summed E-state index contributed by atoms with van der Waals surface area (Å²) in [6, 6.07) is 1.16. The van der Waals surface area contributed by atoms with E-state index in [2.05, 4.69) is 0 Å². The number of carboxylic acids is 2. The zero-order chi connectivity index (χ0) is 18.6. The van der Waals surface area contributed by atoms with E-state index in [4.69, 9.17) is 14.2 Å². The van der Waals surface area contributed by atoms with E-state index in [0.717, 1.165) is 6.07 Å². The van der Waals surface area contributed by atoms with Gasteiger partial charge in [-0.15, -0.1) is 0 Å². The molecule has 0 aromatic heterocycles. The number of carbonyl (C=O) groups is 2. The highest BCUT2D eigenvalue weighted by molar-refractivity contribution is 6.00. The summed E-state index contributed by atoms with van der Waals surface area (Å²) in [7, 11) is 0. The van der Waals surface area contributed by atoms with Crippen molar-refractivity contribution in [2.24, 2.45) is 0 Å². The fourth-order valence-electron chi connectivity index (χ4n) is 2.03. The fraction of sp³-hybridized carbons (Fsp3) is 0.529. The van der Waals surface area contributed by atoms with Crippen LogP contribution in [0.3, 0.4) is 0 Å². The zero-order valence-electron chi connectivity index (χ0n) is 14.7. The summed E-state index contributed by atoms with van der Waals surface area (Å²) in [6.45, 7) is 10.3. The molecule has 24 heavy (non-hydrogen) atoms. The van der Waals surface area contributed by atoms with Gasteiger partial charge in [0.05, 0.1) is 18.3 Å². The van der Waals surface area contributed by atoms with E-state index in [1.165, 1.54) is 0 Å². The molecular weight excluding hydrogens is 316 g/mol. The van der Waals surface area contributed by atoms with Crippen LogP contribution in [0.15, 0.2) is 6.07 Å². The molecule has 0 aliphatic heterocycles. The molecule has 0 radical (unpaired) electrons.